The zero-order valence-electron chi connectivity index (χ0n) is 26.0. The number of benzene rings is 4. The molecule has 0 spiro atoms. The topological polar surface area (TPSA) is 211 Å². The summed E-state index contributed by atoms with van der Waals surface area (Å²) in [4.78, 5) is 52.9. The molecule has 4 rings (SSSR count). The number of aliphatic carboxylic acids is 1. The maximum Gasteiger partial charge on any atom is 0.326 e. The van der Waals surface area contributed by atoms with Crippen LogP contribution in [-0.2, 0) is 44.9 Å². The third-order valence-corrected chi connectivity index (χ3v) is 7.64. The Labute approximate surface area is 277 Å². The maximum absolute atomic E-state index is 13.9. The van der Waals surface area contributed by atoms with Crippen LogP contribution in [-0.4, -0.2) is 68.3 Å². The molecule has 0 aliphatic heterocycles. The van der Waals surface area contributed by atoms with Crippen molar-refractivity contribution in [3.63, 3.8) is 0 Å². The Bertz CT molecular complexity index is 1680. The highest BCUT2D eigenvalue weighted by molar-refractivity contribution is 5.94. The number of nitrogens with two attached hydrogens (primary N) is 1. The van der Waals surface area contributed by atoms with Crippen LogP contribution in [0.3, 0.4) is 0 Å². The largest absolute Gasteiger partial charge is 0.508 e. The molecule has 3 amide bonds. The second-order valence-electron chi connectivity index (χ2n) is 11.4. The predicted molar refractivity (Wildman–Crippen MR) is 177 cm³/mol. The normalized spacial score (nSPS) is 13.4. The van der Waals surface area contributed by atoms with Crippen LogP contribution in [0, 0.1) is 0 Å². The van der Waals surface area contributed by atoms with E-state index < -0.39 is 47.9 Å². The lowest BCUT2D eigenvalue weighted by molar-refractivity contribution is -0.142. The van der Waals surface area contributed by atoms with Gasteiger partial charge in [0.15, 0.2) is 0 Å². The van der Waals surface area contributed by atoms with Gasteiger partial charge in [0.05, 0.1) is 6.04 Å². The van der Waals surface area contributed by atoms with E-state index in [1.54, 1.807) is 66.7 Å². The van der Waals surface area contributed by atoms with Crippen molar-refractivity contribution in [2.45, 2.75) is 49.9 Å². The van der Waals surface area contributed by atoms with Crippen molar-refractivity contribution in [3.05, 3.63) is 125 Å². The Morgan fingerprint density at radius 2 is 0.812 bits per heavy atom. The standard InChI is InChI=1S/C36H38N4O8/c37-29(18-23-6-12-26(41)13-7-23)33(44)38-30(19-24-8-14-27(42)15-9-24)34(45)39-31(20-25-10-16-28(43)17-11-25)35(46)40-32(36(47)48)21-22-4-2-1-3-5-22/h1-17,29-32,41-43H,18-21,37H2,(H,38,44)(H,39,45)(H,40,46)(H,47,48). The fraction of sp³-hybridized carbons (Fsp3) is 0.222. The number of carboxylic acids is 1. The molecule has 0 aromatic heterocycles. The lowest BCUT2D eigenvalue weighted by Crippen LogP contribution is -2.58. The predicted octanol–water partition coefficient (Wildman–Crippen LogP) is 1.94. The summed E-state index contributed by atoms with van der Waals surface area (Å²) in [6.45, 7) is 0. The van der Waals surface area contributed by atoms with Crippen molar-refractivity contribution in [2.24, 2.45) is 5.73 Å². The molecule has 0 aliphatic carbocycles. The van der Waals surface area contributed by atoms with Crippen LogP contribution in [0.15, 0.2) is 103 Å². The molecule has 4 unspecified atom stereocenters. The number of hydrogen-bond donors (Lipinski definition) is 8. The molecule has 0 heterocycles. The minimum atomic E-state index is -1.30. The lowest BCUT2D eigenvalue weighted by atomic mass is 10.0. The van der Waals surface area contributed by atoms with Crippen molar-refractivity contribution >= 4 is 23.7 Å². The van der Waals surface area contributed by atoms with Crippen LogP contribution in [0.1, 0.15) is 22.3 Å². The zero-order chi connectivity index (χ0) is 34.6. The van der Waals surface area contributed by atoms with Crippen LogP contribution in [0.2, 0.25) is 0 Å². The second kappa shape index (κ2) is 16.6. The number of hydrogen-bond acceptors (Lipinski definition) is 8. The molecule has 0 saturated heterocycles. The third kappa shape index (κ3) is 10.6. The van der Waals surface area contributed by atoms with Gasteiger partial charge in [-0.1, -0.05) is 66.7 Å². The second-order valence-corrected chi connectivity index (χ2v) is 11.4. The van der Waals surface area contributed by atoms with Crippen LogP contribution < -0.4 is 21.7 Å². The van der Waals surface area contributed by atoms with Gasteiger partial charge in [0, 0.05) is 19.3 Å². The first-order valence-corrected chi connectivity index (χ1v) is 15.2. The molecule has 250 valence electrons. The SMILES string of the molecule is NC(Cc1ccc(O)cc1)C(=O)NC(Cc1ccc(O)cc1)C(=O)NC(Cc1ccc(O)cc1)C(=O)NC(Cc1ccccc1)C(=O)O. The number of carboxylic acid groups (broad SMARTS) is 1. The molecule has 0 bridgehead atoms. The minimum Gasteiger partial charge on any atom is -0.508 e. The Morgan fingerprint density at radius 1 is 0.479 bits per heavy atom. The molecule has 4 aromatic rings. The van der Waals surface area contributed by atoms with Gasteiger partial charge >= 0.3 is 5.97 Å². The first-order valence-electron chi connectivity index (χ1n) is 15.2. The molecule has 4 atom stereocenters. The highest BCUT2D eigenvalue weighted by Gasteiger charge is 2.31. The number of nitrogens with one attached hydrogen (secondary N) is 3. The quantitative estimate of drug-likeness (QED) is 0.0940. The van der Waals surface area contributed by atoms with E-state index in [-0.39, 0.29) is 42.9 Å². The fourth-order valence-corrected chi connectivity index (χ4v) is 5.01. The highest BCUT2D eigenvalue weighted by Crippen LogP contribution is 2.15. The molecule has 0 radical (unpaired) electrons. The molecule has 9 N–H and O–H groups in total. The van der Waals surface area contributed by atoms with E-state index >= 15 is 0 Å². The van der Waals surface area contributed by atoms with E-state index in [1.165, 1.54) is 36.4 Å². The van der Waals surface area contributed by atoms with Crippen LogP contribution in [0.4, 0.5) is 0 Å². The number of phenolic OH excluding ortho intramolecular Hbond substituents is 3. The number of rotatable bonds is 15. The van der Waals surface area contributed by atoms with Crippen molar-refractivity contribution < 1.29 is 39.6 Å². The number of phenols is 3. The van der Waals surface area contributed by atoms with Gasteiger partial charge < -0.3 is 42.1 Å². The Kier molecular flexibility index (Phi) is 12.1. The summed E-state index contributed by atoms with van der Waals surface area (Å²) in [5, 5.41) is 46.8. The van der Waals surface area contributed by atoms with E-state index in [0.29, 0.717) is 22.3 Å². The Hall–Kier alpha value is -5.88. The summed E-state index contributed by atoms with van der Waals surface area (Å²) in [5.74, 6) is -3.34. The van der Waals surface area contributed by atoms with Gasteiger partial charge in [-0.25, -0.2) is 4.79 Å². The molecule has 0 aliphatic rings. The lowest BCUT2D eigenvalue weighted by Gasteiger charge is -2.25. The van der Waals surface area contributed by atoms with Gasteiger partial charge in [-0.2, -0.15) is 0 Å². The van der Waals surface area contributed by atoms with Gasteiger partial charge in [0.1, 0.15) is 35.4 Å². The molecule has 0 saturated carbocycles. The fourth-order valence-electron chi connectivity index (χ4n) is 5.01. The summed E-state index contributed by atoms with van der Waals surface area (Å²) < 4.78 is 0. The smallest absolute Gasteiger partial charge is 0.326 e. The number of amides is 3. The maximum atomic E-state index is 13.9. The van der Waals surface area contributed by atoms with Crippen molar-refractivity contribution in [2.75, 3.05) is 0 Å². The van der Waals surface area contributed by atoms with Gasteiger partial charge in [-0.05, 0) is 65.1 Å². The molecule has 12 nitrogen and oxygen atoms in total. The summed E-state index contributed by atoms with van der Waals surface area (Å²) in [6, 6.07) is 22.1. The van der Waals surface area contributed by atoms with Gasteiger partial charge in [-0.15, -0.1) is 0 Å². The van der Waals surface area contributed by atoms with Gasteiger partial charge in [0.2, 0.25) is 17.7 Å². The molecular weight excluding hydrogens is 616 g/mol. The van der Waals surface area contributed by atoms with Crippen molar-refractivity contribution in [3.8, 4) is 17.2 Å². The third-order valence-electron chi connectivity index (χ3n) is 7.64. The van der Waals surface area contributed by atoms with E-state index in [0.717, 1.165) is 0 Å². The Morgan fingerprint density at radius 3 is 1.23 bits per heavy atom. The first kappa shape index (κ1) is 35.0. The number of carbonyl (C=O) groups excluding carboxylic acids is 3. The molecule has 4 aromatic carbocycles. The summed E-state index contributed by atoms with van der Waals surface area (Å²) in [6.07, 6.45) is 0.0304. The number of carbonyl (C=O) groups is 4. The van der Waals surface area contributed by atoms with Gasteiger partial charge in [-0.3, -0.25) is 14.4 Å². The summed E-state index contributed by atoms with van der Waals surface area (Å²) in [7, 11) is 0. The molecule has 0 fully saturated rings. The van der Waals surface area contributed by atoms with Crippen LogP contribution >= 0.6 is 0 Å². The molecule has 12 heteroatoms. The van der Waals surface area contributed by atoms with Crippen LogP contribution in [0.5, 0.6) is 17.2 Å². The van der Waals surface area contributed by atoms with Crippen molar-refractivity contribution in [1.82, 2.24) is 16.0 Å². The van der Waals surface area contributed by atoms with E-state index in [1.807, 2.05) is 0 Å². The average molecular weight is 655 g/mol. The zero-order valence-corrected chi connectivity index (χ0v) is 26.0. The van der Waals surface area contributed by atoms with E-state index in [2.05, 4.69) is 16.0 Å². The summed E-state index contributed by atoms with van der Waals surface area (Å²) >= 11 is 0. The van der Waals surface area contributed by atoms with Crippen molar-refractivity contribution in [1.29, 1.82) is 0 Å². The summed E-state index contributed by atoms with van der Waals surface area (Å²) in [5.41, 5.74) is 8.71. The minimum absolute atomic E-state index is 0.000242. The highest BCUT2D eigenvalue weighted by atomic mass is 16.4. The average Bonchev–Trinajstić information content (AvgIpc) is 3.07. The monoisotopic (exact) mass is 654 g/mol. The number of aromatic hydroxyl groups is 3. The Balaban J connectivity index is 1.56. The molecule has 48 heavy (non-hydrogen) atoms. The van der Waals surface area contributed by atoms with Crippen LogP contribution in [0.25, 0.3) is 0 Å². The first-order chi connectivity index (χ1) is 23.0. The van der Waals surface area contributed by atoms with E-state index in [9.17, 15) is 39.6 Å². The molecular formula is C36H38N4O8. The van der Waals surface area contributed by atoms with Gasteiger partial charge in [0.25, 0.3) is 0 Å². The van der Waals surface area contributed by atoms with E-state index in [4.69, 9.17) is 5.73 Å².